The maximum absolute atomic E-state index is 11.7. The number of nitrogens with one attached hydrogen (secondary N) is 2. The fourth-order valence-electron chi connectivity index (χ4n) is 1.78. The largest absolute Gasteiger partial charge is 0.381 e. The molecule has 0 unspecified atom stereocenters. The number of H-pyrrole nitrogens is 1. The van der Waals surface area contributed by atoms with Crippen LogP contribution in [0.3, 0.4) is 0 Å². The van der Waals surface area contributed by atoms with Gasteiger partial charge in [-0.3, -0.25) is 9.89 Å². The highest BCUT2D eigenvalue weighted by Gasteiger charge is 2.18. The number of ether oxygens (including phenoxy) is 1. The zero-order valence-electron chi connectivity index (χ0n) is 9.33. The van der Waals surface area contributed by atoms with Crippen LogP contribution in [-0.2, 0) is 4.74 Å². The second-order valence-corrected chi connectivity index (χ2v) is 4.45. The molecule has 6 nitrogen and oxygen atoms in total. The lowest BCUT2D eigenvalue weighted by Gasteiger charge is -2.07. The number of halogens is 1. The molecule has 1 amide bonds. The fraction of sp³-hybridized carbons (Fsp3) is 0.600. The summed E-state index contributed by atoms with van der Waals surface area (Å²) in [5, 5.41) is 9.12. The summed E-state index contributed by atoms with van der Waals surface area (Å²) < 4.78 is 5.26. The molecule has 1 saturated heterocycles. The summed E-state index contributed by atoms with van der Waals surface area (Å²) in [6, 6.07) is 0. The van der Waals surface area contributed by atoms with E-state index in [9.17, 15) is 4.79 Å². The molecule has 94 valence electrons. The van der Waals surface area contributed by atoms with Crippen LogP contribution in [0.1, 0.15) is 23.3 Å². The lowest BCUT2D eigenvalue weighted by Crippen LogP contribution is -2.26. The molecule has 2 rings (SSSR count). The molecule has 1 aliphatic heterocycles. The van der Waals surface area contributed by atoms with E-state index >= 15 is 0 Å². The molecular formula is C10H15ClN4O2. The van der Waals surface area contributed by atoms with E-state index in [2.05, 4.69) is 15.5 Å². The van der Waals surface area contributed by atoms with Gasteiger partial charge in [-0.05, 0) is 18.8 Å². The molecule has 2 heterocycles. The fourth-order valence-corrected chi connectivity index (χ4v) is 1.95. The number of carbonyl (C=O) groups is 1. The van der Waals surface area contributed by atoms with Crippen LogP contribution >= 0.6 is 11.6 Å². The molecule has 0 aliphatic carbocycles. The number of anilines is 1. The smallest absolute Gasteiger partial charge is 0.270 e. The summed E-state index contributed by atoms with van der Waals surface area (Å²) in [4.78, 5) is 11.7. The maximum atomic E-state index is 11.7. The number of nitrogens with zero attached hydrogens (tertiary/aromatic N) is 1. The monoisotopic (exact) mass is 258 g/mol. The molecule has 17 heavy (non-hydrogen) atoms. The van der Waals surface area contributed by atoms with Gasteiger partial charge in [-0.1, -0.05) is 11.6 Å². The average molecular weight is 259 g/mol. The lowest BCUT2D eigenvalue weighted by molar-refractivity contribution is 0.0945. The third kappa shape index (κ3) is 2.89. The van der Waals surface area contributed by atoms with Gasteiger partial charge in [0.25, 0.3) is 5.91 Å². The molecule has 0 bridgehead atoms. The number of nitrogen functional groups attached to an aromatic ring is 1. The van der Waals surface area contributed by atoms with Crippen LogP contribution in [0.25, 0.3) is 0 Å². The van der Waals surface area contributed by atoms with Crippen molar-refractivity contribution in [1.29, 1.82) is 0 Å². The van der Waals surface area contributed by atoms with Gasteiger partial charge < -0.3 is 15.8 Å². The number of amides is 1. The third-order valence-electron chi connectivity index (χ3n) is 2.82. The zero-order chi connectivity index (χ0) is 12.3. The van der Waals surface area contributed by atoms with Crippen LogP contribution < -0.4 is 11.1 Å². The second kappa shape index (κ2) is 5.37. The highest BCUT2D eigenvalue weighted by Crippen LogP contribution is 2.20. The van der Waals surface area contributed by atoms with Crippen LogP contribution in [0.15, 0.2) is 0 Å². The molecule has 1 aromatic rings. The third-order valence-corrected chi connectivity index (χ3v) is 3.20. The summed E-state index contributed by atoms with van der Waals surface area (Å²) in [6.07, 6.45) is 1.97. The zero-order valence-corrected chi connectivity index (χ0v) is 10.1. The normalized spacial score (nSPS) is 19.5. The first-order valence-electron chi connectivity index (χ1n) is 5.53. The SMILES string of the molecule is Nc1n[nH]c(C(=O)NCC[C@@H]2CCOC2)c1Cl. The van der Waals surface area contributed by atoms with Gasteiger partial charge in [0.05, 0.1) is 0 Å². The average Bonchev–Trinajstić information content (AvgIpc) is 2.91. The quantitative estimate of drug-likeness (QED) is 0.745. The summed E-state index contributed by atoms with van der Waals surface area (Å²) in [5.74, 6) is 0.400. The van der Waals surface area contributed by atoms with Gasteiger partial charge in [-0.2, -0.15) is 5.10 Å². The molecule has 0 spiro atoms. The van der Waals surface area contributed by atoms with Crippen molar-refractivity contribution in [1.82, 2.24) is 15.5 Å². The second-order valence-electron chi connectivity index (χ2n) is 4.07. The molecule has 0 radical (unpaired) electrons. The van der Waals surface area contributed by atoms with E-state index in [-0.39, 0.29) is 22.4 Å². The van der Waals surface area contributed by atoms with Crippen molar-refractivity contribution in [2.24, 2.45) is 5.92 Å². The van der Waals surface area contributed by atoms with E-state index in [1.807, 2.05) is 0 Å². The number of hydrogen-bond donors (Lipinski definition) is 3. The molecule has 1 fully saturated rings. The van der Waals surface area contributed by atoms with Crippen LogP contribution in [-0.4, -0.2) is 35.9 Å². The Morgan fingerprint density at radius 1 is 1.71 bits per heavy atom. The highest BCUT2D eigenvalue weighted by atomic mass is 35.5. The van der Waals surface area contributed by atoms with Crippen LogP contribution in [0.4, 0.5) is 5.82 Å². The van der Waals surface area contributed by atoms with Crippen molar-refractivity contribution < 1.29 is 9.53 Å². The van der Waals surface area contributed by atoms with Crippen molar-refractivity contribution >= 4 is 23.3 Å². The number of aromatic amines is 1. The molecular weight excluding hydrogens is 244 g/mol. The highest BCUT2D eigenvalue weighted by molar-refractivity contribution is 6.35. The van der Waals surface area contributed by atoms with Gasteiger partial charge in [-0.25, -0.2) is 0 Å². The van der Waals surface area contributed by atoms with Crippen molar-refractivity contribution in [2.75, 3.05) is 25.5 Å². The van der Waals surface area contributed by atoms with Crippen molar-refractivity contribution in [3.63, 3.8) is 0 Å². The van der Waals surface area contributed by atoms with E-state index in [0.717, 1.165) is 26.1 Å². The Morgan fingerprint density at radius 3 is 3.12 bits per heavy atom. The summed E-state index contributed by atoms with van der Waals surface area (Å²) >= 11 is 5.81. The topological polar surface area (TPSA) is 93.0 Å². The Hall–Kier alpha value is -1.27. The standard InChI is InChI=1S/C10H15ClN4O2/c11-7-8(14-15-9(7)12)10(16)13-3-1-6-2-4-17-5-6/h6H,1-5H2,(H,13,16)(H3,12,14,15)/t6-/m1/s1. The first-order chi connectivity index (χ1) is 8.18. The minimum absolute atomic E-state index is 0.140. The Labute approximate surface area is 104 Å². The minimum atomic E-state index is -0.280. The van der Waals surface area contributed by atoms with E-state index in [1.165, 1.54) is 0 Å². The van der Waals surface area contributed by atoms with Gasteiger partial charge in [0.15, 0.2) is 5.82 Å². The van der Waals surface area contributed by atoms with Crippen LogP contribution in [0, 0.1) is 5.92 Å². The van der Waals surface area contributed by atoms with Gasteiger partial charge >= 0.3 is 0 Å². The first kappa shape index (κ1) is 12.2. The molecule has 1 aromatic heterocycles. The van der Waals surface area contributed by atoms with E-state index in [0.29, 0.717) is 12.5 Å². The minimum Gasteiger partial charge on any atom is -0.381 e. The molecule has 1 atom stereocenters. The Kier molecular flexibility index (Phi) is 3.86. The number of aromatic nitrogens is 2. The van der Waals surface area contributed by atoms with Gasteiger partial charge in [-0.15, -0.1) is 0 Å². The number of nitrogens with two attached hydrogens (primary N) is 1. The first-order valence-corrected chi connectivity index (χ1v) is 5.91. The molecule has 0 saturated carbocycles. The molecule has 7 heteroatoms. The lowest BCUT2D eigenvalue weighted by atomic mass is 10.1. The molecule has 1 aliphatic rings. The number of rotatable bonds is 4. The van der Waals surface area contributed by atoms with Crippen molar-refractivity contribution in [3.8, 4) is 0 Å². The summed E-state index contributed by atoms with van der Waals surface area (Å²) in [7, 11) is 0. The Bertz CT molecular complexity index is 401. The number of hydrogen-bond acceptors (Lipinski definition) is 4. The predicted octanol–water partition coefficient (Wildman–Crippen LogP) is 0.802. The predicted molar refractivity (Wildman–Crippen MR) is 63.9 cm³/mol. The van der Waals surface area contributed by atoms with Crippen LogP contribution in [0.5, 0.6) is 0 Å². The van der Waals surface area contributed by atoms with Crippen molar-refractivity contribution in [2.45, 2.75) is 12.8 Å². The molecule has 4 N–H and O–H groups in total. The van der Waals surface area contributed by atoms with Gasteiger partial charge in [0.2, 0.25) is 0 Å². The maximum Gasteiger partial charge on any atom is 0.270 e. The Balaban J connectivity index is 1.79. The van der Waals surface area contributed by atoms with Crippen molar-refractivity contribution in [3.05, 3.63) is 10.7 Å². The van der Waals surface area contributed by atoms with E-state index < -0.39 is 0 Å². The number of carbonyl (C=O) groups excluding carboxylic acids is 1. The van der Waals surface area contributed by atoms with Gasteiger partial charge in [0, 0.05) is 19.8 Å². The van der Waals surface area contributed by atoms with Gasteiger partial charge in [0.1, 0.15) is 10.7 Å². The Morgan fingerprint density at radius 2 is 2.53 bits per heavy atom. The summed E-state index contributed by atoms with van der Waals surface area (Å²) in [6.45, 7) is 2.21. The van der Waals surface area contributed by atoms with E-state index in [4.69, 9.17) is 22.1 Å². The van der Waals surface area contributed by atoms with Crippen LogP contribution in [0.2, 0.25) is 5.02 Å². The summed E-state index contributed by atoms with van der Waals surface area (Å²) in [5.41, 5.74) is 5.65. The molecule has 0 aromatic carbocycles. The van der Waals surface area contributed by atoms with E-state index in [1.54, 1.807) is 0 Å².